The van der Waals surface area contributed by atoms with Crippen LogP contribution in [0.3, 0.4) is 0 Å². The molecule has 0 radical (unpaired) electrons. The van der Waals surface area contributed by atoms with Crippen LogP contribution in [0.5, 0.6) is 5.88 Å². The van der Waals surface area contributed by atoms with Crippen molar-refractivity contribution in [1.82, 2.24) is 15.2 Å². The van der Waals surface area contributed by atoms with Crippen LogP contribution in [0, 0.1) is 5.92 Å². The lowest BCUT2D eigenvalue weighted by molar-refractivity contribution is -0.133. The normalized spacial score (nSPS) is 17.9. The second kappa shape index (κ2) is 8.10. The van der Waals surface area contributed by atoms with Gasteiger partial charge >= 0.3 is 0 Å². The highest BCUT2D eigenvalue weighted by Gasteiger charge is 2.28. The Morgan fingerprint density at radius 3 is 2.58 bits per heavy atom. The minimum Gasteiger partial charge on any atom is -0.481 e. The van der Waals surface area contributed by atoms with Crippen LogP contribution in [-0.2, 0) is 4.79 Å². The third-order valence-electron chi connectivity index (χ3n) is 4.47. The Bertz CT molecular complexity index is 583. The molecule has 1 aromatic heterocycles. The second-order valence-corrected chi connectivity index (χ2v) is 6.28. The fourth-order valence-electron chi connectivity index (χ4n) is 2.96. The van der Waals surface area contributed by atoms with E-state index in [0.29, 0.717) is 30.6 Å². The number of nitrogens with two attached hydrogens (primary N) is 1. The fourth-order valence-corrected chi connectivity index (χ4v) is 2.96. The number of likely N-dealkylation sites (tertiary alicyclic amines) is 1. The van der Waals surface area contributed by atoms with Gasteiger partial charge in [0.1, 0.15) is 5.69 Å². The summed E-state index contributed by atoms with van der Waals surface area (Å²) in [6.07, 6.45) is 1.71. The fraction of sp³-hybridized carbons (Fsp3) is 0.588. The number of ether oxygens (including phenoxy) is 1. The van der Waals surface area contributed by atoms with E-state index >= 15 is 0 Å². The highest BCUT2D eigenvalue weighted by Crippen LogP contribution is 2.21. The van der Waals surface area contributed by atoms with Gasteiger partial charge in [-0.2, -0.15) is 0 Å². The van der Waals surface area contributed by atoms with Crippen molar-refractivity contribution >= 4 is 11.8 Å². The first-order chi connectivity index (χ1) is 11.4. The van der Waals surface area contributed by atoms with E-state index in [9.17, 15) is 9.59 Å². The molecule has 24 heavy (non-hydrogen) atoms. The van der Waals surface area contributed by atoms with E-state index in [1.54, 1.807) is 30.0 Å². The number of piperidine rings is 1. The van der Waals surface area contributed by atoms with Crippen LogP contribution >= 0.6 is 0 Å². The minimum absolute atomic E-state index is 0.00859. The summed E-state index contributed by atoms with van der Waals surface area (Å²) in [4.78, 5) is 30.2. The zero-order valence-electron chi connectivity index (χ0n) is 14.5. The van der Waals surface area contributed by atoms with E-state index in [4.69, 9.17) is 10.5 Å². The van der Waals surface area contributed by atoms with Gasteiger partial charge in [-0.25, -0.2) is 4.98 Å². The smallest absolute Gasteiger partial charge is 0.270 e. The highest BCUT2D eigenvalue weighted by molar-refractivity contribution is 5.92. The van der Waals surface area contributed by atoms with Gasteiger partial charge in [0.25, 0.3) is 5.91 Å². The lowest BCUT2D eigenvalue weighted by Crippen LogP contribution is -2.49. The Labute approximate surface area is 142 Å². The van der Waals surface area contributed by atoms with Crippen LogP contribution in [0.2, 0.25) is 0 Å². The van der Waals surface area contributed by atoms with Crippen LogP contribution < -0.4 is 15.8 Å². The lowest BCUT2D eigenvalue weighted by Gasteiger charge is -2.35. The largest absolute Gasteiger partial charge is 0.481 e. The van der Waals surface area contributed by atoms with E-state index in [1.807, 2.05) is 6.92 Å². The maximum Gasteiger partial charge on any atom is 0.270 e. The maximum absolute atomic E-state index is 12.3. The van der Waals surface area contributed by atoms with Gasteiger partial charge in [-0.05, 0) is 38.7 Å². The predicted octanol–water partition coefficient (Wildman–Crippen LogP) is 0.794. The van der Waals surface area contributed by atoms with Crippen LogP contribution in [0.15, 0.2) is 18.2 Å². The minimum atomic E-state index is -0.460. The first-order valence-corrected chi connectivity index (χ1v) is 8.28. The molecule has 0 spiro atoms. The first kappa shape index (κ1) is 18.2. The summed E-state index contributed by atoms with van der Waals surface area (Å²) >= 11 is 0. The molecule has 2 rings (SSSR count). The highest BCUT2D eigenvalue weighted by atomic mass is 16.5. The quantitative estimate of drug-likeness (QED) is 0.830. The molecular weight excluding hydrogens is 308 g/mol. The average molecular weight is 334 g/mol. The molecular formula is C17H26N4O3. The van der Waals surface area contributed by atoms with Gasteiger partial charge in [0, 0.05) is 25.2 Å². The van der Waals surface area contributed by atoms with Gasteiger partial charge in [0.15, 0.2) is 0 Å². The zero-order chi connectivity index (χ0) is 17.7. The third-order valence-corrected chi connectivity index (χ3v) is 4.47. The third kappa shape index (κ3) is 4.44. The summed E-state index contributed by atoms with van der Waals surface area (Å²) in [7, 11) is 1.52. The molecule has 1 aliphatic rings. The summed E-state index contributed by atoms with van der Waals surface area (Å²) in [5, 5.41) is 3.00. The molecule has 2 atom stereocenters. The topological polar surface area (TPSA) is 97.5 Å². The molecule has 2 amide bonds. The number of carbonyl (C=O) groups is 2. The Hall–Kier alpha value is -2.15. The summed E-state index contributed by atoms with van der Waals surface area (Å²) in [5.41, 5.74) is 5.99. The molecule has 7 nitrogen and oxygen atoms in total. The number of nitrogens with one attached hydrogen (secondary N) is 1. The molecule has 0 bridgehead atoms. The molecule has 1 aliphatic heterocycles. The summed E-state index contributed by atoms with van der Waals surface area (Å²) < 4.78 is 5.04. The second-order valence-electron chi connectivity index (χ2n) is 6.28. The van der Waals surface area contributed by atoms with Crippen molar-refractivity contribution in [2.75, 3.05) is 20.2 Å². The molecule has 0 aliphatic carbocycles. The molecule has 0 aromatic carbocycles. The van der Waals surface area contributed by atoms with Crippen LogP contribution in [-0.4, -0.2) is 54.0 Å². The number of methoxy groups -OCH3 is 1. The predicted molar refractivity (Wildman–Crippen MR) is 90.7 cm³/mol. The summed E-state index contributed by atoms with van der Waals surface area (Å²) in [5.74, 6) is 0.524. The van der Waals surface area contributed by atoms with Crippen molar-refractivity contribution in [1.29, 1.82) is 0 Å². The first-order valence-electron chi connectivity index (χ1n) is 8.28. The number of aromatic nitrogens is 1. The molecule has 132 valence electrons. The number of nitrogens with zero attached hydrogens (tertiary/aromatic N) is 2. The van der Waals surface area contributed by atoms with E-state index in [0.717, 1.165) is 12.8 Å². The molecule has 2 unspecified atom stereocenters. The monoisotopic (exact) mass is 334 g/mol. The van der Waals surface area contributed by atoms with Gasteiger partial charge in [0.05, 0.1) is 13.2 Å². The van der Waals surface area contributed by atoms with Gasteiger partial charge in [0.2, 0.25) is 11.8 Å². The molecule has 3 N–H and O–H groups in total. The van der Waals surface area contributed by atoms with Crippen molar-refractivity contribution in [2.24, 2.45) is 11.7 Å². The number of carbonyl (C=O) groups excluding carboxylic acids is 2. The number of hydrogen-bond donors (Lipinski definition) is 2. The molecule has 0 saturated carbocycles. The molecule has 1 fully saturated rings. The van der Waals surface area contributed by atoms with E-state index < -0.39 is 6.04 Å². The van der Waals surface area contributed by atoms with Crippen molar-refractivity contribution in [2.45, 2.75) is 38.8 Å². The molecule has 1 saturated heterocycles. The Morgan fingerprint density at radius 2 is 2.00 bits per heavy atom. The van der Waals surface area contributed by atoms with Gasteiger partial charge in [-0.3, -0.25) is 9.59 Å². The standard InChI is InChI=1S/C17H26N4O3/c1-11(18)17(23)21-9-7-13(8-10-21)12(2)19-16(22)14-5-4-6-15(20-14)24-3/h4-6,11-13H,7-10,18H2,1-3H3,(H,19,22). The van der Waals surface area contributed by atoms with Gasteiger partial charge in [-0.1, -0.05) is 6.07 Å². The number of amides is 2. The Kier molecular flexibility index (Phi) is 6.14. The molecule has 1 aromatic rings. The Balaban J connectivity index is 1.88. The average Bonchev–Trinajstić information content (AvgIpc) is 2.61. The van der Waals surface area contributed by atoms with Crippen LogP contribution in [0.1, 0.15) is 37.2 Å². The number of pyridine rings is 1. The molecule has 2 heterocycles. The van der Waals surface area contributed by atoms with E-state index in [2.05, 4.69) is 10.3 Å². The van der Waals surface area contributed by atoms with E-state index in [1.165, 1.54) is 7.11 Å². The maximum atomic E-state index is 12.3. The zero-order valence-corrected chi connectivity index (χ0v) is 14.5. The van der Waals surface area contributed by atoms with Crippen molar-refractivity contribution < 1.29 is 14.3 Å². The number of hydrogen-bond acceptors (Lipinski definition) is 5. The van der Waals surface area contributed by atoms with Crippen molar-refractivity contribution in [3.8, 4) is 5.88 Å². The molecule has 7 heteroatoms. The van der Waals surface area contributed by atoms with Crippen LogP contribution in [0.25, 0.3) is 0 Å². The Morgan fingerprint density at radius 1 is 1.33 bits per heavy atom. The van der Waals surface area contributed by atoms with E-state index in [-0.39, 0.29) is 17.9 Å². The van der Waals surface area contributed by atoms with Gasteiger partial charge in [-0.15, -0.1) is 0 Å². The summed E-state index contributed by atoms with van der Waals surface area (Å²) in [6, 6.07) is 4.65. The number of rotatable bonds is 5. The lowest BCUT2D eigenvalue weighted by atomic mass is 9.90. The summed E-state index contributed by atoms with van der Waals surface area (Å²) in [6.45, 7) is 5.06. The van der Waals surface area contributed by atoms with Crippen molar-refractivity contribution in [3.05, 3.63) is 23.9 Å². The van der Waals surface area contributed by atoms with Gasteiger partial charge < -0.3 is 20.7 Å². The van der Waals surface area contributed by atoms with Crippen LogP contribution in [0.4, 0.5) is 0 Å². The SMILES string of the molecule is COc1cccc(C(=O)NC(C)C2CCN(C(=O)C(C)N)CC2)n1. The van der Waals surface area contributed by atoms with Crippen molar-refractivity contribution in [3.63, 3.8) is 0 Å².